The summed E-state index contributed by atoms with van der Waals surface area (Å²) < 4.78 is 23.0. The molecule has 0 amide bonds. The molecule has 1 aliphatic heterocycles. The fourth-order valence-electron chi connectivity index (χ4n) is 2.43. The Morgan fingerprint density at radius 3 is 2.59 bits per heavy atom. The Morgan fingerprint density at radius 2 is 2.12 bits per heavy atom. The Labute approximate surface area is 102 Å². The van der Waals surface area contributed by atoms with Gasteiger partial charge in [0, 0.05) is 0 Å². The first-order valence-electron chi connectivity index (χ1n) is 5.96. The van der Waals surface area contributed by atoms with Crippen LogP contribution in [0.15, 0.2) is 0 Å². The van der Waals surface area contributed by atoms with E-state index in [1.54, 1.807) is 0 Å². The van der Waals surface area contributed by atoms with Crippen LogP contribution in [0.5, 0.6) is 0 Å². The summed E-state index contributed by atoms with van der Waals surface area (Å²) in [5, 5.41) is 19.4. The third-order valence-corrected chi connectivity index (χ3v) is 5.18. The molecule has 0 saturated carbocycles. The van der Waals surface area contributed by atoms with Crippen molar-refractivity contribution in [1.29, 1.82) is 0 Å². The highest BCUT2D eigenvalue weighted by atomic mass is 32.2. The molecule has 6 heteroatoms. The van der Waals surface area contributed by atoms with Gasteiger partial charge in [0.2, 0.25) is 0 Å². The first-order valence-corrected chi connectivity index (χ1v) is 7.78. The minimum absolute atomic E-state index is 0.0510. The summed E-state index contributed by atoms with van der Waals surface area (Å²) in [5.74, 6) is -2.44. The van der Waals surface area contributed by atoms with E-state index in [0.29, 0.717) is 19.3 Å². The van der Waals surface area contributed by atoms with Gasteiger partial charge in [-0.1, -0.05) is 19.8 Å². The van der Waals surface area contributed by atoms with Crippen molar-refractivity contribution in [2.24, 2.45) is 5.92 Å². The first kappa shape index (κ1) is 14.4. The van der Waals surface area contributed by atoms with Crippen molar-refractivity contribution in [2.45, 2.75) is 44.6 Å². The van der Waals surface area contributed by atoms with Crippen LogP contribution >= 0.6 is 0 Å². The van der Waals surface area contributed by atoms with E-state index in [1.165, 1.54) is 0 Å². The molecule has 1 aliphatic rings. The van der Waals surface area contributed by atoms with E-state index >= 15 is 0 Å². The Kier molecular flexibility index (Phi) is 4.55. The Balaban J connectivity index is 2.87. The predicted octanol–water partition coefficient (Wildman–Crippen LogP) is 0.817. The predicted molar refractivity (Wildman–Crippen MR) is 63.5 cm³/mol. The first-order chi connectivity index (χ1) is 7.81. The molecule has 5 nitrogen and oxygen atoms in total. The van der Waals surface area contributed by atoms with Crippen molar-refractivity contribution < 1.29 is 23.4 Å². The van der Waals surface area contributed by atoms with Crippen LogP contribution in [0.25, 0.3) is 0 Å². The second kappa shape index (κ2) is 5.35. The van der Waals surface area contributed by atoms with Gasteiger partial charge >= 0.3 is 5.97 Å². The molecule has 0 aromatic carbocycles. The lowest BCUT2D eigenvalue weighted by atomic mass is 9.81. The lowest BCUT2D eigenvalue weighted by molar-refractivity contribution is -0.152. The maximum absolute atomic E-state index is 11.5. The standard InChI is InChI=1S/C11H20O5S/c1-2-3-5-9(10(12)13)11(14)6-4-7-17(15,16)8-11/h9,14H,2-8H2,1H3,(H,12,13). The van der Waals surface area contributed by atoms with Gasteiger partial charge in [0.15, 0.2) is 9.84 Å². The van der Waals surface area contributed by atoms with Crippen LogP contribution in [-0.2, 0) is 14.6 Å². The van der Waals surface area contributed by atoms with Crippen LogP contribution in [0, 0.1) is 5.92 Å². The average molecular weight is 264 g/mol. The van der Waals surface area contributed by atoms with Gasteiger partial charge in [-0.3, -0.25) is 4.79 Å². The smallest absolute Gasteiger partial charge is 0.309 e. The normalized spacial score (nSPS) is 29.8. The molecule has 1 rings (SSSR count). The number of hydrogen-bond donors (Lipinski definition) is 2. The molecular weight excluding hydrogens is 244 g/mol. The second-order valence-electron chi connectivity index (χ2n) is 4.83. The molecule has 0 bridgehead atoms. The Hall–Kier alpha value is -0.620. The zero-order chi connectivity index (χ0) is 13.1. The minimum Gasteiger partial charge on any atom is -0.481 e. The number of unbranched alkanes of at least 4 members (excludes halogenated alkanes) is 1. The minimum atomic E-state index is -3.31. The molecule has 0 radical (unpaired) electrons. The van der Waals surface area contributed by atoms with E-state index in [-0.39, 0.29) is 12.2 Å². The summed E-state index contributed by atoms with van der Waals surface area (Å²) in [6.45, 7) is 1.93. The van der Waals surface area contributed by atoms with Gasteiger partial charge < -0.3 is 10.2 Å². The molecular formula is C11H20O5S. The SMILES string of the molecule is CCCCC(C(=O)O)C1(O)CCCS(=O)(=O)C1. The highest BCUT2D eigenvalue weighted by Gasteiger charge is 2.46. The third-order valence-electron chi connectivity index (χ3n) is 3.33. The maximum atomic E-state index is 11.5. The number of carbonyl (C=O) groups is 1. The Morgan fingerprint density at radius 1 is 1.47 bits per heavy atom. The summed E-state index contributed by atoms with van der Waals surface area (Å²) in [6.07, 6.45) is 2.44. The molecule has 1 fully saturated rings. The lowest BCUT2D eigenvalue weighted by Crippen LogP contribution is -2.51. The largest absolute Gasteiger partial charge is 0.481 e. The van der Waals surface area contributed by atoms with Crippen molar-refractivity contribution in [3.63, 3.8) is 0 Å². The van der Waals surface area contributed by atoms with Gasteiger partial charge in [0.1, 0.15) is 0 Å². The number of carboxylic acid groups (broad SMARTS) is 1. The molecule has 100 valence electrons. The molecule has 1 saturated heterocycles. The van der Waals surface area contributed by atoms with Crippen molar-refractivity contribution in [2.75, 3.05) is 11.5 Å². The summed E-state index contributed by atoms with van der Waals surface area (Å²) in [4.78, 5) is 11.2. The van der Waals surface area contributed by atoms with E-state index in [1.807, 2.05) is 6.92 Å². The lowest BCUT2D eigenvalue weighted by Gasteiger charge is -2.36. The fraction of sp³-hybridized carbons (Fsp3) is 0.909. The van der Waals surface area contributed by atoms with E-state index in [9.17, 15) is 18.3 Å². The van der Waals surface area contributed by atoms with Gasteiger partial charge in [-0.2, -0.15) is 0 Å². The number of hydrogen-bond acceptors (Lipinski definition) is 4. The number of carboxylic acids is 1. The van der Waals surface area contributed by atoms with Crippen LogP contribution < -0.4 is 0 Å². The molecule has 1 heterocycles. The molecule has 0 aromatic heterocycles. The highest BCUT2D eigenvalue weighted by molar-refractivity contribution is 7.91. The van der Waals surface area contributed by atoms with Crippen LogP contribution in [0.2, 0.25) is 0 Å². The van der Waals surface area contributed by atoms with Gasteiger partial charge in [-0.05, 0) is 19.3 Å². The topological polar surface area (TPSA) is 91.7 Å². The highest BCUT2D eigenvalue weighted by Crippen LogP contribution is 2.33. The van der Waals surface area contributed by atoms with E-state index < -0.39 is 33.1 Å². The van der Waals surface area contributed by atoms with Crippen molar-refractivity contribution in [1.82, 2.24) is 0 Å². The molecule has 0 aliphatic carbocycles. The zero-order valence-corrected chi connectivity index (χ0v) is 10.9. The van der Waals surface area contributed by atoms with Crippen LogP contribution in [0.3, 0.4) is 0 Å². The summed E-state index contributed by atoms with van der Waals surface area (Å²) in [5.41, 5.74) is -1.59. The van der Waals surface area contributed by atoms with E-state index in [4.69, 9.17) is 5.11 Å². The zero-order valence-electron chi connectivity index (χ0n) is 10.1. The number of sulfone groups is 1. The van der Waals surface area contributed by atoms with Gasteiger partial charge in [-0.15, -0.1) is 0 Å². The molecule has 0 spiro atoms. The summed E-state index contributed by atoms with van der Waals surface area (Å²) in [6, 6.07) is 0. The quantitative estimate of drug-likeness (QED) is 0.767. The molecule has 2 unspecified atom stereocenters. The molecule has 17 heavy (non-hydrogen) atoms. The monoisotopic (exact) mass is 264 g/mol. The van der Waals surface area contributed by atoms with Crippen LogP contribution in [0.1, 0.15) is 39.0 Å². The number of aliphatic hydroxyl groups is 1. The van der Waals surface area contributed by atoms with Crippen molar-refractivity contribution >= 4 is 15.8 Å². The third kappa shape index (κ3) is 3.67. The molecule has 2 atom stereocenters. The van der Waals surface area contributed by atoms with Gasteiger partial charge in [-0.25, -0.2) is 8.42 Å². The summed E-state index contributed by atoms with van der Waals surface area (Å²) >= 11 is 0. The van der Waals surface area contributed by atoms with Gasteiger partial charge in [0.05, 0.1) is 23.0 Å². The summed E-state index contributed by atoms with van der Waals surface area (Å²) in [7, 11) is -3.31. The van der Waals surface area contributed by atoms with Crippen LogP contribution in [-0.4, -0.2) is 41.7 Å². The fourth-order valence-corrected chi connectivity index (χ4v) is 4.26. The van der Waals surface area contributed by atoms with E-state index in [2.05, 4.69) is 0 Å². The van der Waals surface area contributed by atoms with E-state index in [0.717, 1.165) is 6.42 Å². The average Bonchev–Trinajstić information content (AvgIpc) is 2.15. The maximum Gasteiger partial charge on any atom is 0.309 e. The molecule has 2 N–H and O–H groups in total. The Bertz CT molecular complexity index is 375. The van der Waals surface area contributed by atoms with Crippen molar-refractivity contribution in [3.05, 3.63) is 0 Å². The van der Waals surface area contributed by atoms with Crippen molar-refractivity contribution in [3.8, 4) is 0 Å². The van der Waals surface area contributed by atoms with Crippen LogP contribution in [0.4, 0.5) is 0 Å². The second-order valence-corrected chi connectivity index (χ2v) is 7.02. The number of aliphatic carboxylic acids is 1. The molecule has 0 aromatic rings. The number of rotatable bonds is 5. The van der Waals surface area contributed by atoms with Gasteiger partial charge in [0.25, 0.3) is 0 Å².